The zero-order valence-corrected chi connectivity index (χ0v) is 10.6. The number of aliphatic carboxylic acids is 1. The predicted molar refractivity (Wildman–Crippen MR) is 63.6 cm³/mol. The van der Waals surface area contributed by atoms with Crippen LogP contribution in [0.1, 0.15) is 39.5 Å². The van der Waals surface area contributed by atoms with Crippen LogP contribution in [0.3, 0.4) is 0 Å². The van der Waals surface area contributed by atoms with Crippen LogP contribution in [0.15, 0.2) is 0 Å². The number of fused-ring (bicyclic) bond motifs is 5. The van der Waals surface area contributed by atoms with Gasteiger partial charge in [-0.15, -0.1) is 0 Å². The van der Waals surface area contributed by atoms with Crippen molar-refractivity contribution >= 4 is 5.97 Å². The molecule has 3 heteroatoms. The Labute approximate surface area is 103 Å². The van der Waals surface area contributed by atoms with Gasteiger partial charge in [0.1, 0.15) is 0 Å². The minimum absolute atomic E-state index is 0.0884. The summed E-state index contributed by atoms with van der Waals surface area (Å²) in [6.45, 7) is 4.36. The highest BCUT2D eigenvalue weighted by atomic mass is 16.5. The summed E-state index contributed by atoms with van der Waals surface area (Å²) in [5.74, 6) is 1.53. The molecule has 0 aromatic heterocycles. The first-order valence-electron chi connectivity index (χ1n) is 7.05. The van der Waals surface area contributed by atoms with Crippen molar-refractivity contribution in [2.45, 2.75) is 51.7 Å². The summed E-state index contributed by atoms with van der Waals surface area (Å²) in [6, 6.07) is 0. The molecule has 0 amide bonds. The van der Waals surface area contributed by atoms with Gasteiger partial charge in [-0.3, -0.25) is 4.79 Å². The van der Waals surface area contributed by atoms with E-state index in [9.17, 15) is 9.90 Å². The van der Waals surface area contributed by atoms with Crippen LogP contribution in [0.25, 0.3) is 0 Å². The number of carboxylic acid groups (broad SMARTS) is 1. The van der Waals surface area contributed by atoms with Gasteiger partial charge in [0.25, 0.3) is 0 Å². The van der Waals surface area contributed by atoms with Crippen LogP contribution < -0.4 is 0 Å². The second-order valence-corrected chi connectivity index (χ2v) is 6.02. The zero-order chi connectivity index (χ0) is 12.2. The molecule has 96 valence electrons. The fraction of sp³-hybridized carbons (Fsp3) is 0.929. The molecule has 7 unspecified atom stereocenters. The minimum atomic E-state index is -0.578. The van der Waals surface area contributed by atoms with E-state index >= 15 is 0 Å². The van der Waals surface area contributed by atoms with E-state index < -0.39 is 5.97 Å². The lowest BCUT2D eigenvalue weighted by molar-refractivity contribution is -0.144. The van der Waals surface area contributed by atoms with E-state index in [1.165, 1.54) is 0 Å². The number of ether oxygens (including phenoxy) is 1. The summed E-state index contributed by atoms with van der Waals surface area (Å²) in [6.07, 6.45) is 4.88. The fourth-order valence-corrected chi connectivity index (χ4v) is 4.95. The highest BCUT2D eigenvalue weighted by molar-refractivity contribution is 5.71. The predicted octanol–water partition coefficient (Wildman–Crippen LogP) is 2.55. The number of hydrogen-bond acceptors (Lipinski definition) is 2. The average Bonchev–Trinajstić information content (AvgIpc) is 2.98. The van der Waals surface area contributed by atoms with Gasteiger partial charge in [0, 0.05) is 0 Å². The number of carbonyl (C=O) groups is 1. The molecule has 17 heavy (non-hydrogen) atoms. The van der Waals surface area contributed by atoms with Gasteiger partial charge in [-0.25, -0.2) is 0 Å². The number of hydrogen-bond donors (Lipinski definition) is 1. The van der Waals surface area contributed by atoms with Crippen LogP contribution in [-0.2, 0) is 9.53 Å². The zero-order valence-electron chi connectivity index (χ0n) is 10.6. The Hall–Kier alpha value is -0.570. The molecule has 3 aliphatic rings. The lowest BCUT2D eigenvalue weighted by Crippen LogP contribution is -2.35. The Bertz CT molecular complexity index is 327. The molecule has 0 aromatic rings. The molecule has 2 bridgehead atoms. The van der Waals surface area contributed by atoms with Gasteiger partial charge in [-0.2, -0.15) is 0 Å². The third-order valence-electron chi connectivity index (χ3n) is 5.46. The largest absolute Gasteiger partial charge is 0.481 e. The Morgan fingerprint density at radius 2 is 1.82 bits per heavy atom. The quantitative estimate of drug-likeness (QED) is 0.822. The molecule has 1 heterocycles. The van der Waals surface area contributed by atoms with Crippen LogP contribution >= 0.6 is 0 Å². The molecular weight excluding hydrogens is 216 g/mol. The van der Waals surface area contributed by atoms with Crippen molar-refractivity contribution in [3.63, 3.8) is 0 Å². The monoisotopic (exact) mass is 238 g/mol. The Morgan fingerprint density at radius 1 is 1.18 bits per heavy atom. The lowest BCUT2D eigenvalue weighted by atomic mass is 9.70. The average molecular weight is 238 g/mol. The summed E-state index contributed by atoms with van der Waals surface area (Å²) < 4.78 is 6.14. The standard InChI is InChI=1S/C14H22O3/c1-3-10-12-7-5-8(9(6-7)14(15)16)13(12)11(4-2)17-10/h7-13H,3-6H2,1-2H3,(H,15,16). The molecular formula is C14H22O3. The molecule has 7 atom stereocenters. The summed E-state index contributed by atoms with van der Waals surface area (Å²) in [5.41, 5.74) is 0. The van der Waals surface area contributed by atoms with Gasteiger partial charge >= 0.3 is 5.97 Å². The molecule has 2 saturated carbocycles. The molecule has 0 spiro atoms. The van der Waals surface area contributed by atoms with Crippen molar-refractivity contribution in [2.75, 3.05) is 0 Å². The minimum Gasteiger partial charge on any atom is -0.481 e. The number of rotatable bonds is 3. The molecule has 3 fully saturated rings. The maximum Gasteiger partial charge on any atom is 0.306 e. The summed E-state index contributed by atoms with van der Waals surface area (Å²) in [4.78, 5) is 11.3. The Kier molecular flexibility index (Phi) is 2.69. The fourth-order valence-electron chi connectivity index (χ4n) is 4.95. The normalized spacial score (nSPS) is 51.8. The van der Waals surface area contributed by atoms with E-state index in [1.54, 1.807) is 0 Å². The molecule has 1 N–H and O–H groups in total. The van der Waals surface area contributed by atoms with Crippen molar-refractivity contribution in [1.82, 2.24) is 0 Å². The molecule has 2 aliphatic carbocycles. The Morgan fingerprint density at radius 3 is 2.41 bits per heavy atom. The molecule has 0 radical (unpaired) electrons. The van der Waals surface area contributed by atoms with E-state index in [4.69, 9.17) is 4.74 Å². The summed E-state index contributed by atoms with van der Waals surface area (Å²) in [5, 5.41) is 9.30. The van der Waals surface area contributed by atoms with Gasteiger partial charge in [-0.1, -0.05) is 13.8 Å². The third kappa shape index (κ3) is 1.48. The SMILES string of the molecule is CCC1OC(CC)C2C3CC(CC3C(=O)O)C12. The first-order chi connectivity index (χ1) is 8.17. The van der Waals surface area contributed by atoms with Crippen LogP contribution in [-0.4, -0.2) is 23.3 Å². The second kappa shape index (κ2) is 3.98. The first kappa shape index (κ1) is 11.5. The van der Waals surface area contributed by atoms with Gasteiger partial charge in [-0.05, 0) is 49.4 Å². The van der Waals surface area contributed by atoms with E-state index in [1.807, 2.05) is 0 Å². The topological polar surface area (TPSA) is 46.5 Å². The maximum atomic E-state index is 11.3. The molecule has 1 saturated heterocycles. The van der Waals surface area contributed by atoms with Crippen molar-refractivity contribution in [1.29, 1.82) is 0 Å². The van der Waals surface area contributed by atoms with Crippen LogP contribution in [0.5, 0.6) is 0 Å². The molecule has 3 rings (SSSR count). The van der Waals surface area contributed by atoms with Crippen LogP contribution in [0.2, 0.25) is 0 Å². The van der Waals surface area contributed by atoms with Crippen molar-refractivity contribution in [3.05, 3.63) is 0 Å². The lowest BCUT2D eigenvalue weighted by Gasteiger charge is -2.31. The molecule has 3 nitrogen and oxygen atoms in total. The van der Waals surface area contributed by atoms with Gasteiger partial charge < -0.3 is 9.84 Å². The third-order valence-corrected chi connectivity index (χ3v) is 5.46. The van der Waals surface area contributed by atoms with Crippen molar-refractivity contribution in [2.24, 2.45) is 29.6 Å². The molecule has 0 aromatic carbocycles. The van der Waals surface area contributed by atoms with Gasteiger partial charge in [0.15, 0.2) is 0 Å². The van der Waals surface area contributed by atoms with E-state index in [0.717, 1.165) is 25.7 Å². The Balaban J connectivity index is 1.86. The van der Waals surface area contributed by atoms with E-state index in [2.05, 4.69) is 13.8 Å². The smallest absolute Gasteiger partial charge is 0.306 e. The maximum absolute atomic E-state index is 11.3. The van der Waals surface area contributed by atoms with Crippen LogP contribution in [0.4, 0.5) is 0 Å². The summed E-state index contributed by atoms with van der Waals surface area (Å²) >= 11 is 0. The molecule has 1 aliphatic heterocycles. The number of carboxylic acids is 1. The first-order valence-corrected chi connectivity index (χ1v) is 7.05. The van der Waals surface area contributed by atoms with Crippen LogP contribution in [0, 0.1) is 29.6 Å². The highest BCUT2D eigenvalue weighted by Crippen LogP contribution is 2.61. The van der Waals surface area contributed by atoms with Crippen molar-refractivity contribution < 1.29 is 14.6 Å². The summed E-state index contributed by atoms with van der Waals surface area (Å²) in [7, 11) is 0. The van der Waals surface area contributed by atoms with E-state index in [-0.39, 0.29) is 5.92 Å². The second-order valence-electron chi connectivity index (χ2n) is 6.02. The van der Waals surface area contributed by atoms with Gasteiger partial charge in [0.05, 0.1) is 18.1 Å². The van der Waals surface area contributed by atoms with Crippen molar-refractivity contribution in [3.8, 4) is 0 Å². The highest BCUT2D eigenvalue weighted by Gasteiger charge is 2.61. The van der Waals surface area contributed by atoms with Gasteiger partial charge in [0.2, 0.25) is 0 Å². The van der Waals surface area contributed by atoms with E-state index in [0.29, 0.717) is 35.9 Å².